The Hall–Kier alpha value is -1.38. The highest BCUT2D eigenvalue weighted by Crippen LogP contribution is 2.14. The third kappa shape index (κ3) is 1.50. The van der Waals surface area contributed by atoms with Gasteiger partial charge >= 0.3 is 0 Å². The first-order valence-corrected chi connectivity index (χ1v) is 4.75. The number of aryl methyl sites for hydroxylation is 1. The minimum absolute atomic E-state index is 0.173. The molecule has 1 unspecified atom stereocenters. The number of hydrogen-bond acceptors (Lipinski definition) is 2. The summed E-state index contributed by atoms with van der Waals surface area (Å²) in [6.45, 7) is 4.52. The van der Waals surface area contributed by atoms with Gasteiger partial charge in [-0.1, -0.05) is 12.1 Å². The normalized spacial score (nSPS) is 20.5. The monoisotopic (exact) mass is 192 g/mol. The highest BCUT2D eigenvalue weighted by molar-refractivity contribution is 6.00. The van der Waals surface area contributed by atoms with Gasteiger partial charge in [-0.05, 0) is 25.5 Å². The highest BCUT2D eigenvalue weighted by Gasteiger charge is 2.17. The van der Waals surface area contributed by atoms with Gasteiger partial charge < -0.3 is 5.32 Å². The number of halogens is 1. The molecular formula is C11H13FN2. The topological polar surface area (TPSA) is 24.4 Å². The number of benzene rings is 1. The fraction of sp³-hybridized carbons (Fsp3) is 0.364. The Morgan fingerprint density at radius 1 is 1.50 bits per heavy atom. The summed E-state index contributed by atoms with van der Waals surface area (Å²) in [4.78, 5) is 4.25. The number of rotatable bonds is 1. The highest BCUT2D eigenvalue weighted by atomic mass is 19.1. The fourth-order valence-corrected chi connectivity index (χ4v) is 1.55. The molecule has 2 rings (SSSR count). The van der Waals surface area contributed by atoms with E-state index < -0.39 is 0 Å². The van der Waals surface area contributed by atoms with Gasteiger partial charge in [-0.25, -0.2) is 4.39 Å². The molecule has 0 aliphatic carbocycles. The zero-order valence-electron chi connectivity index (χ0n) is 8.34. The SMILES string of the molecule is Cc1cccc(C2=NCC(C)N2)c1F. The second-order valence-electron chi connectivity index (χ2n) is 3.67. The second-order valence-corrected chi connectivity index (χ2v) is 3.67. The van der Waals surface area contributed by atoms with Crippen LogP contribution in [0.5, 0.6) is 0 Å². The molecule has 0 bridgehead atoms. The van der Waals surface area contributed by atoms with Crippen molar-refractivity contribution in [3.8, 4) is 0 Å². The molecule has 74 valence electrons. The van der Waals surface area contributed by atoms with Gasteiger partial charge in [-0.15, -0.1) is 0 Å². The molecular weight excluding hydrogens is 179 g/mol. The fourth-order valence-electron chi connectivity index (χ4n) is 1.55. The minimum atomic E-state index is -0.173. The third-order valence-corrected chi connectivity index (χ3v) is 2.35. The first kappa shape index (κ1) is 9.19. The van der Waals surface area contributed by atoms with Gasteiger partial charge in [0.25, 0.3) is 0 Å². The lowest BCUT2D eigenvalue weighted by Crippen LogP contribution is -2.28. The van der Waals surface area contributed by atoms with Crippen molar-refractivity contribution in [1.29, 1.82) is 0 Å². The van der Waals surface area contributed by atoms with E-state index >= 15 is 0 Å². The van der Waals surface area contributed by atoms with Gasteiger partial charge in [-0.2, -0.15) is 0 Å². The van der Waals surface area contributed by atoms with Crippen LogP contribution in [0.2, 0.25) is 0 Å². The van der Waals surface area contributed by atoms with E-state index in [1.165, 1.54) is 0 Å². The number of amidine groups is 1. The van der Waals surface area contributed by atoms with Crippen LogP contribution in [0.3, 0.4) is 0 Å². The molecule has 1 aliphatic rings. The van der Waals surface area contributed by atoms with Crippen molar-refractivity contribution in [3.05, 3.63) is 35.1 Å². The average Bonchev–Trinajstić information content (AvgIpc) is 2.57. The molecule has 0 spiro atoms. The first-order valence-electron chi connectivity index (χ1n) is 4.75. The Kier molecular flexibility index (Phi) is 2.23. The summed E-state index contributed by atoms with van der Waals surface area (Å²) < 4.78 is 13.7. The van der Waals surface area contributed by atoms with Crippen LogP contribution < -0.4 is 5.32 Å². The van der Waals surface area contributed by atoms with Gasteiger partial charge in [0.15, 0.2) is 0 Å². The summed E-state index contributed by atoms with van der Waals surface area (Å²) in [7, 11) is 0. The Balaban J connectivity index is 2.38. The summed E-state index contributed by atoms with van der Waals surface area (Å²) in [5, 5.41) is 3.15. The number of hydrogen-bond donors (Lipinski definition) is 1. The van der Waals surface area contributed by atoms with Gasteiger partial charge in [0, 0.05) is 6.04 Å². The Labute approximate surface area is 82.9 Å². The summed E-state index contributed by atoms with van der Waals surface area (Å²) >= 11 is 0. The maximum absolute atomic E-state index is 13.7. The Morgan fingerprint density at radius 3 is 2.93 bits per heavy atom. The molecule has 3 heteroatoms. The van der Waals surface area contributed by atoms with Crippen molar-refractivity contribution in [1.82, 2.24) is 5.32 Å². The van der Waals surface area contributed by atoms with Crippen molar-refractivity contribution in [2.45, 2.75) is 19.9 Å². The number of aliphatic imine (C=N–C) groups is 1. The molecule has 2 nitrogen and oxygen atoms in total. The van der Waals surface area contributed by atoms with Crippen LogP contribution in [0.4, 0.5) is 4.39 Å². The van der Waals surface area contributed by atoms with E-state index in [0.717, 1.165) is 6.54 Å². The molecule has 1 aromatic rings. The zero-order valence-corrected chi connectivity index (χ0v) is 8.34. The van der Waals surface area contributed by atoms with Crippen molar-refractivity contribution in [2.75, 3.05) is 6.54 Å². The van der Waals surface area contributed by atoms with E-state index in [1.807, 2.05) is 13.0 Å². The predicted octanol–water partition coefficient (Wildman–Crippen LogP) is 1.87. The molecule has 1 heterocycles. The number of nitrogens with zero attached hydrogens (tertiary/aromatic N) is 1. The largest absolute Gasteiger partial charge is 0.365 e. The lowest BCUT2D eigenvalue weighted by atomic mass is 10.1. The van der Waals surface area contributed by atoms with Crippen LogP contribution in [0, 0.1) is 12.7 Å². The number of nitrogens with one attached hydrogen (secondary N) is 1. The van der Waals surface area contributed by atoms with Gasteiger partial charge in [0.1, 0.15) is 11.7 Å². The predicted molar refractivity (Wildman–Crippen MR) is 55.1 cm³/mol. The lowest BCUT2D eigenvalue weighted by Gasteiger charge is -2.08. The molecule has 0 aromatic heterocycles. The van der Waals surface area contributed by atoms with Crippen molar-refractivity contribution in [3.63, 3.8) is 0 Å². The van der Waals surface area contributed by atoms with E-state index in [1.54, 1.807) is 19.1 Å². The van der Waals surface area contributed by atoms with Crippen LogP contribution in [-0.2, 0) is 0 Å². The van der Waals surface area contributed by atoms with Crippen molar-refractivity contribution >= 4 is 5.84 Å². The van der Waals surface area contributed by atoms with E-state index in [9.17, 15) is 4.39 Å². The Morgan fingerprint density at radius 2 is 2.29 bits per heavy atom. The van der Waals surface area contributed by atoms with E-state index in [-0.39, 0.29) is 5.82 Å². The third-order valence-electron chi connectivity index (χ3n) is 2.35. The summed E-state index contributed by atoms with van der Waals surface area (Å²) in [6, 6.07) is 5.68. The molecule has 1 atom stereocenters. The maximum atomic E-state index is 13.7. The average molecular weight is 192 g/mol. The molecule has 14 heavy (non-hydrogen) atoms. The zero-order chi connectivity index (χ0) is 10.1. The summed E-state index contributed by atoms with van der Waals surface area (Å²) in [5.74, 6) is 0.506. The van der Waals surface area contributed by atoms with Crippen molar-refractivity contribution in [2.24, 2.45) is 4.99 Å². The van der Waals surface area contributed by atoms with E-state index in [4.69, 9.17) is 0 Å². The standard InChI is InChI=1S/C11H13FN2/c1-7-4-3-5-9(10(7)12)11-13-6-8(2)14-11/h3-5,8H,6H2,1-2H3,(H,13,14). The van der Waals surface area contributed by atoms with E-state index in [0.29, 0.717) is 23.0 Å². The lowest BCUT2D eigenvalue weighted by molar-refractivity contribution is 0.614. The second kappa shape index (κ2) is 3.40. The van der Waals surface area contributed by atoms with Crippen LogP contribution in [0.25, 0.3) is 0 Å². The van der Waals surface area contributed by atoms with Crippen LogP contribution in [-0.4, -0.2) is 18.4 Å². The molecule has 1 aromatic carbocycles. The minimum Gasteiger partial charge on any atom is -0.365 e. The maximum Gasteiger partial charge on any atom is 0.137 e. The van der Waals surface area contributed by atoms with Gasteiger partial charge in [0.05, 0.1) is 12.1 Å². The first-order chi connectivity index (χ1) is 6.68. The Bertz CT molecular complexity index is 385. The van der Waals surface area contributed by atoms with Crippen molar-refractivity contribution < 1.29 is 4.39 Å². The van der Waals surface area contributed by atoms with Crippen LogP contribution in [0.15, 0.2) is 23.2 Å². The quantitative estimate of drug-likeness (QED) is 0.721. The summed E-state index contributed by atoms with van der Waals surface area (Å²) in [6.07, 6.45) is 0. The van der Waals surface area contributed by atoms with Crippen LogP contribution in [0.1, 0.15) is 18.1 Å². The molecule has 0 radical (unpaired) electrons. The molecule has 1 aliphatic heterocycles. The van der Waals surface area contributed by atoms with Gasteiger partial charge in [-0.3, -0.25) is 4.99 Å². The molecule has 0 fully saturated rings. The molecule has 0 saturated carbocycles. The van der Waals surface area contributed by atoms with Crippen LogP contribution >= 0.6 is 0 Å². The van der Waals surface area contributed by atoms with Gasteiger partial charge in [0.2, 0.25) is 0 Å². The molecule has 0 saturated heterocycles. The molecule has 1 N–H and O–H groups in total. The van der Waals surface area contributed by atoms with E-state index in [2.05, 4.69) is 10.3 Å². The molecule has 0 amide bonds. The smallest absolute Gasteiger partial charge is 0.137 e. The summed E-state index contributed by atoms with van der Waals surface area (Å²) in [5.41, 5.74) is 1.24.